The van der Waals surface area contributed by atoms with Gasteiger partial charge >= 0.3 is 6.03 Å². The number of aromatic nitrogens is 3. The Kier molecular flexibility index (Phi) is 5.61. The lowest BCUT2D eigenvalue weighted by Crippen LogP contribution is -2.28. The number of carbonyl (C=O) groups is 1. The van der Waals surface area contributed by atoms with Crippen LogP contribution >= 0.6 is 0 Å². The molecule has 0 saturated carbocycles. The topological polar surface area (TPSA) is 94.7 Å². The van der Waals surface area contributed by atoms with Gasteiger partial charge in [0.25, 0.3) is 0 Å². The highest BCUT2D eigenvalue weighted by atomic mass is 16.2. The summed E-state index contributed by atoms with van der Waals surface area (Å²) in [5.41, 5.74) is 4.51. The Labute approximate surface area is 175 Å². The van der Waals surface area contributed by atoms with Gasteiger partial charge in [-0.3, -0.25) is 0 Å². The van der Waals surface area contributed by atoms with E-state index in [-0.39, 0.29) is 12.1 Å². The van der Waals surface area contributed by atoms with Crippen molar-refractivity contribution >= 4 is 28.6 Å². The molecule has 0 fully saturated rings. The maximum Gasteiger partial charge on any atom is 0.319 e. The van der Waals surface area contributed by atoms with E-state index in [9.17, 15) is 4.79 Å². The molecule has 2 amide bonds. The lowest BCUT2D eigenvalue weighted by molar-refractivity contribution is 0.252. The first-order valence-corrected chi connectivity index (χ1v) is 9.94. The van der Waals surface area contributed by atoms with E-state index in [0.717, 1.165) is 33.8 Å². The molecule has 0 unspecified atom stereocenters. The fourth-order valence-corrected chi connectivity index (χ4v) is 3.34. The largest absolute Gasteiger partial charge is 0.363 e. The lowest BCUT2D eigenvalue weighted by Gasteiger charge is -2.15. The second-order valence-electron chi connectivity index (χ2n) is 7.01. The van der Waals surface area contributed by atoms with Crippen LogP contribution in [-0.2, 0) is 0 Å². The summed E-state index contributed by atoms with van der Waals surface area (Å²) < 4.78 is 0. The van der Waals surface area contributed by atoms with Crippen molar-refractivity contribution in [2.45, 2.75) is 19.9 Å². The van der Waals surface area contributed by atoms with Crippen molar-refractivity contribution in [3.8, 4) is 11.3 Å². The Morgan fingerprint density at radius 1 is 1.07 bits per heavy atom. The zero-order valence-electron chi connectivity index (χ0n) is 16.9. The Morgan fingerprint density at radius 2 is 1.90 bits per heavy atom. The second-order valence-corrected chi connectivity index (χ2v) is 7.01. The Morgan fingerprint density at radius 3 is 2.70 bits per heavy atom. The summed E-state index contributed by atoms with van der Waals surface area (Å²) in [7, 11) is 0. The zero-order valence-corrected chi connectivity index (χ0v) is 16.9. The van der Waals surface area contributed by atoms with Crippen molar-refractivity contribution < 1.29 is 4.79 Å². The number of fused-ring (bicyclic) bond motifs is 1. The fraction of sp³-hybridized carbons (Fsp3) is 0.174. The molecule has 7 nitrogen and oxygen atoms in total. The van der Waals surface area contributed by atoms with E-state index in [2.05, 4.69) is 50.0 Å². The number of hydrogen-bond acceptors (Lipinski definition) is 4. The molecule has 0 spiro atoms. The molecule has 152 valence electrons. The minimum absolute atomic E-state index is 0.104. The molecule has 7 heteroatoms. The molecule has 0 bridgehead atoms. The Bertz CT molecular complexity index is 1150. The summed E-state index contributed by atoms with van der Waals surface area (Å²) in [4.78, 5) is 24.0. The average molecular weight is 400 g/mol. The summed E-state index contributed by atoms with van der Waals surface area (Å²) in [5, 5.41) is 9.96. The van der Waals surface area contributed by atoms with Gasteiger partial charge in [0.2, 0.25) is 0 Å². The van der Waals surface area contributed by atoms with Gasteiger partial charge in [-0.05, 0) is 37.6 Å². The van der Waals surface area contributed by atoms with Gasteiger partial charge in [-0.25, -0.2) is 14.8 Å². The monoisotopic (exact) mass is 400 g/mol. The highest BCUT2D eigenvalue weighted by Crippen LogP contribution is 2.29. The van der Waals surface area contributed by atoms with Crippen molar-refractivity contribution in [1.29, 1.82) is 0 Å². The fourth-order valence-electron chi connectivity index (χ4n) is 3.34. The molecule has 0 saturated heterocycles. The molecule has 2 aromatic heterocycles. The molecule has 0 aliphatic carbocycles. The van der Waals surface area contributed by atoms with E-state index in [1.165, 1.54) is 5.56 Å². The van der Waals surface area contributed by atoms with E-state index >= 15 is 0 Å². The molecule has 4 N–H and O–H groups in total. The average Bonchev–Trinajstić information content (AvgIpc) is 3.20. The van der Waals surface area contributed by atoms with Crippen molar-refractivity contribution in [1.82, 2.24) is 20.3 Å². The quantitative estimate of drug-likeness (QED) is 0.369. The van der Waals surface area contributed by atoms with Crippen LogP contribution in [0.25, 0.3) is 22.3 Å². The van der Waals surface area contributed by atoms with Crippen molar-refractivity contribution in [3.05, 3.63) is 72.6 Å². The number of aromatic amines is 1. The number of nitrogens with zero attached hydrogens (tertiary/aromatic N) is 2. The molecule has 2 aromatic carbocycles. The van der Waals surface area contributed by atoms with Crippen LogP contribution in [-0.4, -0.2) is 27.5 Å². The predicted molar refractivity (Wildman–Crippen MR) is 120 cm³/mol. The summed E-state index contributed by atoms with van der Waals surface area (Å²) >= 11 is 0. The van der Waals surface area contributed by atoms with E-state index in [1.807, 2.05) is 55.5 Å². The SMILES string of the molecule is CCNC(=O)Nc1cccc(-c2cc3c(N[C@H](C)c4ccccc4)ncnc3[nH]2)c1. The van der Waals surface area contributed by atoms with E-state index in [4.69, 9.17) is 0 Å². The number of H-pyrrole nitrogens is 1. The third kappa shape index (κ3) is 4.25. The number of rotatable bonds is 6. The van der Waals surface area contributed by atoms with Gasteiger partial charge < -0.3 is 20.9 Å². The lowest BCUT2D eigenvalue weighted by atomic mass is 10.1. The molecule has 1 atom stereocenters. The third-order valence-electron chi connectivity index (χ3n) is 4.85. The van der Waals surface area contributed by atoms with Gasteiger partial charge in [0.1, 0.15) is 17.8 Å². The summed E-state index contributed by atoms with van der Waals surface area (Å²) in [6.45, 7) is 4.56. The third-order valence-corrected chi connectivity index (χ3v) is 4.85. The smallest absolute Gasteiger partial charge is 0.319 e. The molecular formula is C23H24N6O. The van der Waals surface area contributed by atoms with Crippen LogP contribution in [0.2, 0.25) is 0 Å². The minimum Gasteiger partial charge on any atom is -0.363 e. The number of hydrogen-bond donors (Lipinski definition) is 4. The van der Waals surface area contributed by atoms with E-state index in [0.29, 0.717) is 6.54 Å². The van der Waals surface area contributed by atoms with Crippen molar-refractivity contribution in [2.75, 3.05) is 17.2 Å². The van der Waals surface area contributed by atoms with Crippen LogP contribution in [0.1, 0.15) is 25.5 Å². The maximum absolute atomic E-state index is 11.8. The van der Waals surface area contributed by atoms with Gasteiger partial charge in [-0.1, -0.05) is 42.5 Å². The molecule has 0 radical (unpaired) electrons. The number of benzene rings is 2. The maximum atomic E-state index is 11.8. The summed E-state index contributed by atoms with van der Waals surface area (Å²) in [5.74, 6) is 0.774. The van der Waals surface area contributed by atoms with Crippen LogP contribution in [0.15, 0.2) is 67.0 Å². The Hall–Kier alpha value is -3.87. The number of nitrogens with one attached hydrogen (secondary N) is 4. The normalized spacial score (nSPS) is 11.8. The van der Waals surface area contributed by atoms with Crippen LogP contribution in [0, 0.1) is 0 Å². The van der Waals surface area contributed by atoms with Crippen LogP contribution < -0.4 is 16.0 Å². The first-order valence-electron chi connectivity index (χ1n) is 9.94. The standard InChI is InChI=1S/C23H24N6O/c1-3-24-23(30)28-18-11-7-10-17(12-18)20-13-19-21(25-14-26-22(19)29-20)27-15(2)16-8-5-4-6-9-16/h4-15H,3H2,1-2H3,(H2,24,28,30)(H2,25,26,27,29)/t15-/m1/s1. The first-order chi connectivity index (χ1) is 14.6. The van der Waals surface area contributed by atoms with Crippen LogP contribution in [0.4, 0.5) is 16.3 Å². The second kappa shape index (κ2) is 8.65. The molecule has 30 heavy (non-hydrogen) atoms. The number of carbonyl (C=O) groups excluding carboxylic acids is 1. The molecule has 0 aliphatic heterocycles. The van der Waals surface area contributed by atoms with Gasteiger partial charge in [-0.15, -0.1) is 0 Å². The summed E-state index contributed by atoms with van der Waals surface area (Å²) in [6.07, 6.45) is 1.55. The van der Waals surface area contributed by atoms with Crippen molar-refractivity contribution in [3.63, 3.8) is 0 Å². The number of amides is 2. The van der Waals surface area contributed by atoms with Crippen molar-refractivity contribution in [2.24, 2.45) is 0 Å². The molecule has 4 rings (SSSR count). The van der Waals surface area contributed by atoms with Gasteiger partial charge in [0.05, 0.1) is 5.39 Å². The number of anilines is 2. The highest BCUT2D eigenvalue weighted by molar-refractivity contribution is 5.93. The van der Waals surface area contributed by atoms with Crippen LogP contribution in [0.3, 0.4) is 0 Å². The molecule has 4 aromatic rings. The summed E-state index contributed by atoms with van der Waals surface area (Å²) in [6, 6.07) is 19.8. The Balaban J connectivity index is 1.61. The predicted octanol–water partition coefficient (Wildman–Crippen LogP) is 4.94. The van der Waals surface area contributed by atoms with E-state index in [1.54, 1.807) is 6.33 Å². The molecular weight excluding hydrogens is 376 g/mol. The van der Waals surface area contributed by atoms with Gasteiger partial charge in [-0.2, -0.15) is 0 Å². The zero-order chi connectivity index (χ0) is 20.9. The van der Waals surface area contributed by atoms with Gasteiger partial charge in [0.15, 0.2) is 0 Å². The van der Waals surface area contributed by atoms with Crippen LogP contribution in [0.5, 0.6) is 0 Å². The molecule has 0 aliphatic rings. The van der Waals surface area contributed by atoms with Gasteiger partial charge in [0, 0.05) is 29.5 Å². The first kappa shape index (κ1) is 19.4. The highest BCUT2D eigenvalue weighted by Gasteiger charge is 2.13. The number of urea groups is 1. The minimum atomic E-state index is -0.224. The molecule has 2 heterocycles. The van der Waals surface area contributed by atoms with E-state index < -0.39 is 0 Å².